The molecule has 0 amide bonds. The molecule has 2 heterocycles. The lowest BCUT2D eigenvalue weighted by Gasteiger charge is -2.35. The van der Waals surface area contributed by atoms with Crippen molar-refractivity contribution >= 4 is 17.8 Å². The number of hydrogen-bond acceptors (Lipinski definition) is 8. The fourth-order valence-electron chi connectivity index (χ4n) is 5.47. The Morgan fingerprint density at radius 3 is 2.60 bits per heavy atom. The van der Waals surface area contributed by atoms with E-state index in [0.717, 1.165) is 44.2 Å². The Morgan fingerprint density at radius 2 is 1.94 bits per heavy atom. The molecule has 1 saturated carbocycles. The summed E-state index contributed by atoms with van der Waals surface area (Å²) < 4.78 is 19.4. The molecule has 1 aliphatic heterocycles. The van der Waals surface area contributed by atoms with Crippen molar-refractivity contribution in [1.82, 2.24) is 20.3 Å². The van der Waals surface area contributed by atoms with Crippen molar-refractivity contribution in [1.29, 1.82) is 0 Å². The molecule has 1 aliphatic carbocycles. The van der Waals surface area contributed by atoms with E-state index in [1.165, 1.54) is 32.8 Å². The summed E-state index contributed by atoms with van der Waals surface area (Å²) in [6, 6.07) is 6.06. The summed E-state index contributed by atoms with van der Waals surface area (Å²) in [7, 11) is 1.48. The van der Waals surface area contributed by atoms with Crippen LogP contribution in [0.2, 0.25) is 0 Å². The fraction of sp³-hybridized carbons (Fsp3) is 0.654. The Balaban J connectivity index is 1.58. The standard InChI is InChI=1S/C26H40FN7O/c1-3-22(21-11-8-15-29-21)34(16-14-18-12-13-23(35-2)20(27)17-18)26-32-24(28)31-25(33-26)30-19-9-6-4-5-7-10-19/h12-13,17,19,21-22,29H,3-11,14-16H2,1-2H3,(H3,28,30,31,32,33). The van der Waals surface area contributed by atoms with Gasteiger partial charge in [-0.25, -0.2) is 4.39 Å². The highest BCUT2D eigenvalue weighted by Gasteiger charge is 2.30. The van der Waals surface area contributed by atoms with Crippen molar-refractivity contribution in [2.75, 3.05) is 36.1 Å². The van der Waals surface area contributed by atoms with Crippen molar-refractivity contribution in [3.05, 3.63) is 29.6 Å². The summed E-state index contributed by atoms with van der Waals surface area (Å²) in [6.45, 7) is 3.86. The number of methoxy groups -OCH3 is 1. The van der Waals surface area contributed by atoms with Crippen LogP contribution in [0.3, 0.4) is 0 Å². The van der Waals surface area contributed by atoms with E-state index in [1.54, 1.807) is 12.1 Å². The van der Waals surface area contributed by atoms with Gasteiger partial charge in [-0.05, 0) is 62.8 Å². The van der Waals surface area contributed by atoms with Crippen molar-refractivity contribution in [2.24, 2.45) is 0 Å². The molecule has 2 unspecified atom stereocenters. The third-order valence-electron chi connectivity index (χ3n) is 7.33. The van der Waals surface area contributed by atoms with Gasteiger partial charge in [0.05, 0.1) is 7.11 Å². The Morgan fingerprint density at radius 1 is 1.14 bits per heavy atom. The quantitative estimate of drug-likeness (QED) is 0.428. The van der Waals surface area contributed by atoms with Gasteiger partial charge < -0.3 is 26.0 Å². The van der Waals surface area contributed by atoms with Gasteiger partial charge in [0.15, 0.2) is 11.6 Å². The summed E-state index contributed by atoms with van der Waals surface area (Å²) in [5.74, 6) is 1.27. The number of nitrogens with one attached hydrogen (secondary N) is 2. The van der Waals surface area contributed by atoms with Gasteiger partial charge in [0.25, 0.3) is 0 Å². The third kappa shape index (κ3) is 6.72. The zero-order chi connectivity index (χ0) is 24.6. The van der Waals surface area contributed by atoms with Crippen LogP contribution in [0.1, 0.15) is 70.3 Å². The summed E-state index contributed by atoms with van der Waals surface area (Å²) in [4.78, 5) is 16.1. The third-order valence-corrected chi connectivity index (χ3v) is 7.33. The first-order valence-corrected chi connectivity index (χ1v) is 13.2. The van der Waals surface area contributed by atoms with E-state index in [4.69, 9.17) is 15.5 Å². The molecule has 4 rings (SSSR count). The highest BCUT2D eigenvalue weighted by atomic mass is 19.1. The van der Waals surface area contributed by atoms with Crippen LogP contribution in [-0.4, -0.2) is 53.3 Å². The molecular weight excluding hydrogens is 445 g/mol. The minimum absolute atomic E-state index is 0.202. The lowest BCUT2D eigenvalue weighted by Crippen LogP contribution is -2.49. The Labute approximate surface area is 208 Å². The minimum Gasteiger partial charge on any atom is -0.494 e. The highest BCUT2D eigenvalue weighted by molar-refractivity contribution is 5.44. The normalized spacial score (nSPS) is 19.8. The zero-order valence-corrected chi connectivity index (χ0v) is 21.1. The van der Waals surface area contributed by atoms with Crippen molar-refractivity contribution in [2.45, 2.75) is 89.3 Å². The second-order valence-electron chi connectivity index (χ2n) is 9.74. The lowest BCUT2D eigenvalue weighted by atomic mass is 10.0. The van der Waals surface area contributed by atoms with Gasteiger partial charge >= 0.3 is 0 Å². The van der Waals surface area contributed by atoms with E-state index in [9.17, 15) is 4.39 Å². The molecule has 2 aliphatic rings. The first kappa shape index (κ1) is 25.4. The van der Waals surface area contributed by atoms with E-state index >= 15 is 0 Å². The summed E-state index contributed by atoms with van der Waals surface area (Å²) in [6.07, 6.45) is 11.1. The molecule has 1 aromatic carbocycles. The molecule has 2 fully saturated rings. The SMILES string of the molecule is CCC(C1CCCN1)N(CCc1ccc(OC)c(F)c1)c1nc(N)nc(NC2CCCCCC2)n1. The number of ether oxygens (including phenoxy) is 1. The molecule has 35 heavy (non-hydrogen) atoms. The highest BCUT2D eigenvalue weighted by Crippen LogP contribution is 2.26. The van der Waals surface area contributed by atoms with Crippen LogP contribution in [0, 0.1) is 5.82 Å². The van der Waals surface area contributed by atoms with Crippen LogP contribution in [0.5, 0.6) is 5.75 Å². The Hall–Kier alpha value is -2.68. The topological polar surface area (TPSA) is 101 Å². The van der Waals surface area contributed by atoms with Crippen LogP contribution in [-0.2, 0) is 6.42 Å². The minimum atomic E-state index is -0.347. The summed E-state index contributed by atoms with van der Waals surface area (Å²) in [5.41, 5.74) is 7.08. The summed E-state index contributed by atoms with van der Waals surface area (Å²) >= 11 is 0. The summed E-state index contributed by atoms with van der Waals surface area (Å²) in [5, 5.41) is 7.18. The predicted octanol–water partition coefficient (Wildman–Crippen LogP) is 4.32. The lowest BCUT2D eigenvalue weighted by molar-refractivity contribution is 0.386. The molecule has 0 radical (unpaired) electrons. The fourth-order valence-corrected chi connectivity index (χ4v) is 5.47. The number of aromatic nitrogens is 3. The zero-order valence-electron chi connectivity index (χ0n) is 21.1. The van der Waals surface area contributed by atoms with Gasteiger partial charge in [-0.3, -0.25) is 0 Å². The second kappa shape index (κ2) is 12.3. The number of halogens is 1. The number of nitrogens with zero attached hydrogens (tertiary/aromatic N) is 4. The number of anilines is 3. The molecule has 192 valence electrons. The van der Waals surface area contributed by atoms with Gasteiger partial charge in [0.2, 0.25) is 17.8 Å². The predicted molar refractivity (Wildman–Crippen MR) is 138 cm³/mol. The second-order valence-corrected chi connectivity index (χ2v) is 9.74. The number of rotatable bonds is 10. The molecule has 4 N–H and O–H groups in total. The monoisotopic (exact) mass is 485 g/mol. The van der Waals surface area contributed by atoms with E-state index in [2.05, 4.69) is 32.4 Å². The van der Waals surface area contributed by atoms with Crippen molar-refractivity contribution in [3.63, 3.8) is 0 Å². The van der Waals surface area contributed by atoms with E-state index in [0.29, 0.717) is 36.9 Å². The molecule has 2 atom stereocenters. The van der Waals surface area contributed by atoms with E-state index in [-0.39, 0.29) is 23.6 Å². The van der Waals surface area contributed by atoms with Gasteiger partial charge in [0, 0.05) is 24.7 Å². The largest absolute Gasteiger partial charge is 0.494 e. The average Bonchev–Trinajstić information content (AvgIpc) is 3.25. The number of benzene rings is 1. The Kier molecular flexibility index (Phi) is 8.95. The molecule has 0 spiro atoms. The molecule has 0 bridgehead atoms. The average molecular weight is 486 g/mol. The molecule has 1 aromatic heterocycles. The van der Waals surface area contributed by atoms with Gasteiger partial charge in [-0.1, -0.05) is 38.7 Å². The van der Waals surface area contributed by atoms with E-state index < -0.39 is 0 Å². The number of nitrogen functional groups attached to an aromatic ring is 1. The maximum Gasteiger partial charge on any atom is 0.232 e. The first-order chi connectivity index (χ1) is 17.1. The molecule has 8 nitrogen and oxygen atoms in total. The molecular formula is C26H40FN7O. The van der Waals surface area contributed by atoms with Gasteiger partial charge in [-0.15, -0.1) is 0 Å². The Bertz CT molecular complexity index is 945. The van der Waals surface area contributed by atoms with E-state index in [1.807, 2.05) is 6.07 Å². The molecule has 2 aromatic rings. The van der Waals surface area contributed by atoms with Crippen molar-refractivity contribution in [3.8, 4) is 5.75 Å². The molecule has 9 heteroatoms. The van der Waals surface area contributed by atoms with Gasteiger partial charge in [0.1, 0.15) is 0 Å². The smallest absolute Gasteiger partial charge is 0.232 e. The number of hydrogen-bond donors (Lipinski definition) is 3. The maximum absolute atomic E-state index is 14.3. The van der Waals surface area contributed by atoms with Crippen LogP contribution >= 0.6 is 0 Å². The van der Waals surface area contributed by atoms with Crippen LogP contribution < -0.4 is 26.0 Å². The van der Waals surface area contributed by atoms with Crippen LogP contribution in [0.25, 0.3) is 0 Å². The van der Waals surface area contributed by atoms with Gasteiger partial charge in [-0.2, -0.15) is 15.0 Å². The maximum atomic E-state index is 14.3. The first-order valence-electron chi connectivity index (χ1n) is 13.2. The van der Waals surface area contributed by atoms with Crippen molar-refractivity contribution < 1.29 is 9.13 Å². The number of nitrogens with two attached hydrogens (primary N) is 1. The van der Waals surface area contributed by atoms with Crippen LogP contribution in [0.15, 0.2) is 18.2 Å². The van der Waals surface area contributed by atoms with Crippen LogP contribution in [0.4, 0.5) is 22.2 Å². The molecule has 1 saturated heterocycles.